The average molecular weight is 290 g/mol. The highest BCUT2D eigenvalue weighted by atomic mass is 16.6. The van der Waals surface area contributed by atoms with E-state index in [1.807, 2.05) is 45.0 Å². The summed E-state index contributed by atoms with van der Waals surface area (Å²) in [4.78, 5) is 18.1. The molecule has 5 nitrogen and oxygen atoms in total. The summed E-state index contributed by atoms with van der Waals surface area (Å²) in [5.41, 5.74) is 1.55. The summed E-state index contributed by atoms with van der Waals surface area (Å²) < 4.78 is 10.5. The molecule has 1 aromatic rings. The molecule has 1 aliphatic rings. The number of carbonyl (C=O) groups is 1. The molecule has 1 aromatic heterocycles. The number of aromatic nitrogens is 1. The minimum atomic E-state index is -0.460. The van der Waals surface area contributed by atoms with Gasteiger partial charge in [-0.15, -0.1) is 0 Å². The molecule has 2 heterocycles. The first-order valence-electron chi connectivity index (χ1n) is 7.06. The summed E-state index contributed by atoms with van der Waals surface area (Å²) in [6.07, 6.45) is 2.59. The first-order valence-corrected chi connectivity index (χ1v) is 7.06. The standard InChI is InChI=1S/C16H22N2O3/c1-16(2,3)21-15(19)18-9-8-12(11-18)10-13-6-5-7-14(17-13)20-4/h5-7,10H,8-9,11H2,1-4H3/b12-10+. The molecule has 2 rings (SSSR count). The monoisotopic (exact) mass is 290 g/mol. The third-order valence-corrected chi connectivity index (χ3v) is 3.05. The van der Waals surface area contributed by atoms with Gasteiger partial charge in [-0.1, -0.05) is 6.07 Å². The van der Waals surface area contributed by atoms with Crippen LogP contribution in [0.2, 0.25) is 0 Å². The minimum Gasteiger partial charge on any atom is -0.481 e. The first-order chi connectivity index (χ1) is 9.87. The van der Waals surface area contributed by atoms with Crippen molar-refractivity contribution < 1.29 is 14.3 Å². The van der Waals surface area contributed by atoms with Gasteiger partial charge in [-0.3, -0.25) is 0 Å². The lowest BCUT2D eigenvalue weighted by molar-refractivity contribution is 0.0299. The van der Waals surface area contributed by atoms with Crippen LogP contribution in [0.1, 0.15) is 32.9 Å². The summed E-state index contributed by atoms with van der Waals surface area (Å²) in [6.45, 7) is 6.90. The van der Waals surface area contributed by atoms with Crippen molar-refractivity contribution in [1.29, 1.82) is 0 Å². The normalized spacial score (nSPS) is 17.1. The van der Waals surface area contributed by atoms with E-state index in [4.69, 9.17) is 9.47 Å². The number of ether oxygens (including phenoxy) is 2. The fourth-order valence-corrected chi connectivity index (χ4v) is 2.12. The second-order valence-electron chi connectivity index (χ2n) is 6.06. The Balaban J connectivity index is 2.01. The maximum absolute atomic E-state index is 12.0. The largest absolute Gasteiger partial charge is 0.481 e. The van der Waals surface area contributed by atoms with Crippen molar-refractivity contribution in [2.45, 2.75) is 32.8 Å². The van der Waals surface area contributed by atoms with Gasteiger partial charge in [0.2, 0.25) is 5.88 Å². The Labute approximate surface area is 125 Å². The number of nitrogens with zero attached hydrogens (tertiary/aromatic N) is 2. The molecule has 1 saturated heterocycles. The molecule has 1 aliphatic heterocycles. The van der Waals surface area contributed by atoms with Gasteiger partial charge in [0.1, 0.15) is 5.60 Å². The second kappa shape index (κ2) is 6.16. The Kier molecular flexibility index (Phi) is 4.50. The highest BCUT2D eigenvalue weighted by Gasteiger charge is 2.26. The Hall–Kier alpha value is -2.04. The van der Waals surface area contributed by atoms with E-state index in [2.05, 4.69) is 4.98 Å². The van der Waals surface area contributed by atoms with E-state index in [1.165, 1.54) is 5.57 Å². The van der Waals surface area contributed by atoms with Crippen LogP contribution in [-0.2, 0) is 4.74 Å². The number of hydrogen-bond acceptors (Lipinski definition) is 4. The quantitative estimate of drug-likeness (QED) is 0.839. The zero-order chi connectivity index (χ0) is 15.5. The van der Waals surface area contributed by atoms with E-state index >= 15 is 0 Å². The van der Waals surface area contributed by atoms with Crippen LogP contribution in [0.4, 0.5) is 4.79 Å². The molecule has 21 heavy (non-hydrogen) atoms. The lowest BCUT2D eigenvalue weighted by Gasteiger charge is -2.23. The fraction of sp³-hybridized carbons (Fsp3) is 0.500. The number of likely N-dealkylation sites (tertiary alicyclic amines) is 1. The molecular formula is C16H22N2O3. The fourth-order valence-electron chi connectivity index (χ4n) is 2.12. The Morgan fingerprint density at radius 1 is 1.38 bits per heavy atom. The van der Waals surface area contributed by atoms with Gasteiger partial charge < -0.3 is 14.4 Å². The summed E-state index contributed by atoms with van der Waals surface area (Å²) in [7, 11) is 1.60. The molecule has 0 aromatic carbocycles. The molecule has 1 fully saturated rings. The van der Waals surface area contributed by atoms with E-state index in [0.717, 1.165) is 12.1 Å². The molecule has 0 spiro atoms. The van der Waals surface area contributed by atoms with Crippen LogP contribution >= 0.6 is 0 Å². The molecule has 0 bridgehead atoms. The lowest BCUT2D eigenvalue weighted by Crippen LogP contribution is -2.34. The zero-order valence-corrected chi connectivity index (χ0v) is 13.0. The molecule has 0 saturated carbocycles. The second-order valence-corrected chi connectivity index (χ2v) is 6.06. The van der Waals surface area contributed by atoms with E-state index in [-0.39, 0.29) is 6.09 Å². The number of amides is 1. The number of methoxy groups -OCH3 is 1. The predicted octanol–water partition coefficient (Wildman–Crippen LogP) is 3.11. The first kappa shape index (κ1) is 15.4. The summed E-state index contributed by atoms with van der Waals surface area (Å²) in [6, 6.07) is 5.63. The predicted molar refractivity (Wildman–Crippen MR) is 81.2 cm³/mol. The maximum atomic E-state index is 12.0. The lowest BCUT2D eigenvalue weighted by atomic mass is 10.2. The van der Waals surface area contributed by atoms with Gasteiger partial charge in [0.05, 0.1) is 12.8 Å². The van der Waals surface area contributed by atoms with Crippen LogP contribution in [0.3, 0.4) is 0 Å². The molecular weight excluding hydrogens is 268 g/mol. The topological polar surface area (TPSA) is 51.7 Å². The van der Waals surface area contributed by atoms with Crippen molar-refractivity contribution in [3.05, 3.63) is 29.5 Å². The summed E-state index contributed by atoms with van der Waals surface area (Å²) >= 11 is 0. The summed E-state index contributed by atoms with van der Waals surface area (Å²) in [5, 5.41) is 0. The molecule has 0 unspecified atom stereocenters. The Morgan fingerprint density at radius 2 is 2.14 bits per heavy atom. The number of carbonyl (C=O) groups excluding carboxylic acids is 1. The highest BCUT2D eigenvalue weighted by Crippen LogP contribution is 2.21. The van der Waals surface area contributed by atoms with Crippen LogP contribution in [0.25, 0.3) is 6.08 Å². The zero-order valence-electron chi connectivity index (χ0n) is 13.0. The van der Waals surface area contributed by atoms with Crippen LogP contribution < -0.4 is 4.74 Å². The minimum absolute atomic E-state index is 0.260. The van der Waals surface area contributed by atoms with E-state index < -0.39 is 5.60 Å². The maximum Gasteiger partial charge on any atom is 0.410 e. The van der Waals surface area contributed by atoms with Gasteiger partial charge >= 0.3 is 6.09 Å². The number of pyridine rings is 1. The van der Waals surface area contributed by atoms with Gasteiger partial charge in [0, 0.05) is 19.2 Å². The van der Waals surface area contributed by atoms with Crippen LogP contribution in [0.5, 0.6) is 5.88 Å². The third kappa shape index (κ3) is 4.48. The Morgan fingerprint density at radius 3 is 2.81 bits per heavy atom. The molecule has 1 amide bonds. The van der Waals surface area contributed by atoms with Gasteiger partial charge in [-0.25, -0.2) is 9.78 Å². The van der Waals surface area contributed by atoms with Crippen molar-refractivity contribution in [3.8, 4) is 5.88 Å². The number of rotatable bonds is 2. The van der Waals surface area contributed by atoms with Crippen molar-refractivity contribution >= 4 is 12.2 Å². The molecule has 0 N–H and O–H groups in total. The molecule has 0 aliphatic carbocycles. The Bertz CT molecular complexity index is 547. The van der Waals surface area contributed by atoms with Crippen LogP contribution in [0, 0.1) is 0 Å². The van der Waals surface area contributed by atoms with E-state index in [0.29, 0.717) is 19.0 Å². The van der Waals surface area contributed by atoms with Gasteiger partial charge in [-0.2, -0.15) is 0 Å². The molecule has 5 heteroatoms. The van der Waals surface area contributed by atoms with Crippen molar-refractivity contribution in [2.75, 3.05) is 20.2 Å². The number of hydrogen-bond donors (Lipinski definition) is 0. The van der Waals surface area contributed by atoms with Gasteiger partial charge in [-0.05, 0) is 44.9 Å². The SMILES string of the molecule is COc1cccc(/C=C2\CCN(C(=O)OC(C)(C)C)C2)n1. The van der Waals surface area contributed by atoms with Crippen molar-refractivity contribution in [3.63, 3.8) is 0 Å². The van der Waals surface area contributed by atoms with E-state index in [1.54, 1.807) is 12.0 Å². The van der Waals surface area contributed by atoms with E-state index in [9.17, 15) is 4.79 Å². The smallest absolute Gasteiger partial charge is 0.410 e. The average Bonchev–Trinajstić information content (AvgIpc) is 2.85. The summed E-state index contributed by atoms with van der Waals surface area (Å²) in [5.74, 6) is 0.589. The third-order valence-electron chi connectivity index (χ3n) is 3.05. The highest BCUT2D eigenvalue weighted by molar-refractivity contribution is 5.70. The molecule has 0 atom stereocenters. The molecule has 0 radical (unpaired) electrons. The van der Waals surface area contributed by atoms with Crippen LogP contribution in [-0.4, -0.2) is 41.8 Å². The van der Waals surface area contributed by atoms with Crippen LogP contribution in [0.15, 0.2) is 23.8 Å². The molecule has 114 valence electrons. The van der Waals surface area contributed by atoms with Gasteiger partial charge in [0.15, 0.2) is 0 Å². The van der Waals surface area contributed by atoms with Gasteiger partial charge in [0.25, 0.3) is 0 Å². The van der Waals surface area contributed by atoms with Crippen molar-refractivity contribution in [2.24, 2.45) is 0 Å². The van der Waals surface area contributed by atoms with Crippen molar-refractivity contribution in [1.82, 2.24) is 9.88 Å².